The van der Waals surface area contributed by atoms with Crippen LogP contribution >= 0.6 is 15.9 Å². The molecule has 18 heavy (non-hydrogen) atoms. The predicted molar refractivity (Wildman–Crippen MR) is 77.9 cm³/mol. The average Bonchev–Trinajstić information content (AvgIpc) is 2.32. The molecule has 0 saturated heterocycles. The number of nitrogens with one attached hydrogen (secondary N) is 1. The average molecular weight is 313 g/mol. The molecule has 1 N–H and O–H groups in total. The van der Waals surface area contributed by atoms with Crippen molar-refractivity contribution in [2.45, 2.75) is 46.3 Å². The standard InChI is InChI=1S/C14H21BrN2O/c1-5-18-12-7-11(14(12,3)4)17-13-6-9(2)10(15)8-16-13/h6,8,11-12H,5,7H2,1-4H3,(H,16,17). The molecule has 2 atom stereocenters. The van der Waals surface area contributed by atoms with Gasteiger partial charge < -0.3 is 10.1 Å². The van der Waals surface area contributed by atoms with Gasteiger partial charge in [-0.05, 0) is 47.8 Å². The van der Waals surface area contributed by atoms with Gasteiger partial charge in [0, 0.05) is 28.7 Å². The second kappa shape index (κ2) is 5.17. The molecule has 1 aromatic rings. The lowest BCUT2D eigenvalue weighted by atomic mass is 9.64. The van der Waals surface area contributed by atoms with E-state index in [1.807, 2.05) is 6.20 Å². The zero-order chi connectivity index (χ0) is 13.3. The van der Waals surface area contributed by atoms with Crippen molar-refractivity contribution in [2.75, 3.05) is 11.9 Å². The van der Waals surface area contributed by atoms with E-state index < -0.39 is 0 Å². The molecule has 1 heterocycles. The zero-order valence-corrected chi connectivity index (χ0v) is 13.0. The first-order valence-corrected chi connectivity index (χ1v) is 7.24. The number of aryl methyl sites for hydroxylation is 1. The summed E-state index contributed by atoms with van der Waals surface area (Å²) in [7, 11) is 0. The minimum absolute atomic E-state index is 0.165. The van der Waals surface area contributed by atoms with Crippen LogP contribution in [0.3, 0.4) is 0 Å². The van der Waals surface area contributed by atoms with Gasteiger partial charge in [0.25, 0.3) is 0 Å². The maximum atomic E-state index is 5.74. The second-order valence-corrected chi connectivity index (χ2v) is 6.37. The Balaban J connectivity index is 2.01. The van der Waals surface area contributed by atoms with E-state index in [1.54, 1.807) is 0 Å². The normalized spacial score (nSPS) is 25.6. The van der Waals surface area contributed by atoms with Crippen LogP contribution in [0.5, 0.6) is 0 Å². The molecule has 1 aliphatic carbocycles. The molecular weight excluding hydrogens is 292 g/mol. The van der Waals surface area contributed by atoms with Crippen LogP contribution in [0.1, 0.15) is 32.8 Å². The number of ether oxygens (including phenoxy) is 1. The van der Waals surface area contributed by atoms with Crippen molar-refractivity contribution in [1.82, 2.24) is 4.98 Å². The van der Waals surface area contributed by atoms with Gasteiger partial charge in [-0.15, -0.1) is 0 Å². The van der Waals surface area contributed by atoms with E-state index in [4.69, 9.17) is 4.74 Å². The van der Waals surface area contributed by atoms with E-state index in [1.165, 1.54) is 5.56 Å². The van der Waals surface area contributed by atoms with Gasteiger partial charge in [-0.25, -0.2) is 4.98 Å². The number of hydrogen-bond acceptors (Lipinski definition) is 3. The van der Waals surface area contributed by atoms with Crippen LogP contribution in [0.4, 0.5) is 5.82 Å². The lowest BCUT2D eigenvalue weighted by Gasteiger charge is -2.51. The van der Waals surface area contributed by atoms with Crippen molar-refractivity contribution in [3.63, 3.8) is 0 Å². The number of halogens is 1. The summed E-state index contributed by atoms with van der Waals surface area (Å²) in [5.74, 6) is 0.948. The third-order valence-electron chi connectivity index (χ3n) is 3.91. The Morgan fingerprint density at radius 1 is 1.56 bits per heavy atom. The van der Waals surface area contributed by atoms with E-state index >= 15 is 0 Å². The van der Waals surface area contributed by atoms with Crippen molar-refractivity contribution < 1.29 is 4.74 Å². The molecule has 3 nitrogen and oxygen atoms in total. The second-order valence-electron chi connectivity index (χ2n) is 5.52. The third-order valence-corrected chi connectivity index (χ3v) is 4.74. The molecule has 4 heteroatoms. The van der Waals surface area contributed by atoms with Gasteiger partial charge in [-0.3, -0.25) is 0 Å². The molecule has 1 aliphatic rings. The van der Waals surface area contributed by atoms with Crippen LogP contribution in [0.15, 0.2) is 16.7 Å². The van der Waals surface area contributed by atoms with Crippen LogP contribution < -0.4 is 5.32 Å². The van der Waals surface area contributed by atoms with Crippen molar-refractivity contribution in [2.24, 2.45) is 5.41 Å². The summed E-state index contributed by atoms with van der Waals surface area (Å²) >= 11 is 3.47. The highest BCUT2D eigenvalue weighted by molar-refractivity contribution is 9.10. The first-order valence-electron chi connectivity index (χ1n) is 6.45. The highest BCUT2D eigenvalue weighted by Gasteiger charge is 2.48. The van der Waals surface area contributed by atoms with Gasteiger partial charge in [0.2, 0.25) is 0 Å². The summed E-state index contributed by atoms with van der Waals surface area (Å²) in [4.78, 5) is 4.40. The zero-order valence-electron chi connectivity index (χ0n) is 11.5. The molecule has 1 fully saturated rings. The summed E-state index contributed by atoms with van der Waals surface area (Å²) in [6.07, 6.45) is 3.26. The first-order chi connectivity index (χ1) is 8.45. The quantitative estimate of drug-likeness (QED) is 0.919. The fourth-order valence-electron chi connectivity index (χ4n) is 2.41. The van der Waals surface area contributed by atoms with Crippen molar-refractivity contribution >= 4 is 21.7 Å². The largest absolute Gasteiger partial charge is 0.378 e. The molecule has 2 unspecified atom stereocenters. The highest BCUT2D eigenvalue weighted by atomic mass is 79.9. The molecular formula is C14H21BrN2O. The summed E-state index contributed by atoms with van der Waals surface area (Å²) in [5.41, 5.74) is 1.37. The number of pyridine rings is 1. The first kappa shape index (κ1) is 13.8. The van der Waals surface area contributed by atoms with E-state index in [-0.39, 0.29) is 5.41 Å². The molecule has 1 aromatic heterocycles. The van der Waals surface area contributed by atoms with Gasteiger partial charge in [-0.2, -0.15) is 0 Å². The molecule has 0 aliphatic heterocycles. The van der Waals surface area contributed by atoms with Crippen LogP contribution in [-0.2, 0) is 4.74 Å². The Kier molecular flexibility index (Phi) is 3.97. The molecule has 0 bridgehead atoms. The molecule has 0 radical (unpaired) electrons. The summed E-state index contributed by atoms with van der Waals surface area (Å²) in [5, 5.41) is 3.51. The molecule has 0 spiro atoms. The molecule has 0 aromatic carbocycles. The maximum Gasteiger partial charge on any atom is 0.126 e. The van der Waals surface area contributed by atoms with Crippen LogP contribution in [0.25, 0.3) is 0 Å². The van der Waals surface area contributed by atoms with Crippen molar-refractivity contribution in [3.05, 3.63) is 22.3 Å². The minimum atomic E-state index is 0.165. The molecule has 0 amide bonds. The van der Waals surface area contributed by atoms with Crippen molar-refractivity contribution in [3.8, 4) is 0 Å². The maximum absolute atomic E-state index is 5.74. The Labute approximate surface area is 117 Å². The third kappa shape index (κ3) is 2.54. The smallest absolute Gasteiger partial charge is 0.126 e. The van der Waals surface area contributed by atoms with E-state index in [2.05, 4.69) is 60.0 Å². The highest BCUT2D eigenvalue weighted by Crippen LogP contribution is 2.44. The number of aromatic nitrogens is 1. The van der Waals surface area contributed by atoms with Crippen LogP contribution in [-0.4, -0.2) is 23.7 Å². The Morgan fingerprint density at radius 2 is 2.28 bits per heavy atom. The molecule has 1 saturated carbocycles. The monoisotopic (exact) mass is 312 g/mol. The van der Waals surface area contributed by atoms with Gasteiger partial charge in [0.1, 0.15) is 5.82 Å². The van der Waals surface area contributed by atoms with Crippen molar-refractivity contribution in [1.29, 1.82) is 0 Å². The SMILES string of the molecule is CCOC1CC(Nc2cc(C)c(Br)cn2)C1(C)C. The van der Waals surface area contributed by atoms with Gasteiger partial charge >= 0.3 is 0 Å². The lowest BCUT2D eigenvalue weighted by Crippen LogP contribution is -2.58. The number of nitrogens with zero attached hydrogens (tertiary/aromatic N) is 1. The topological polar surface area (TPSA) is 34.1 Å². The lowest BCUT2D eigenvalue weighted by molar-refractivity contribution is -0.0976. The van der Waals surface area contributed by atoms with E-state index in [0.29, 0.717) is 12.1 Å². The number of rotatable bonds is 4. The van der Waals surface area contributed by atoms with E-state index in [9.17, 15) is 0 Å². The van der Waals surface area contributed by atoms with Gasteiger partial charge in [0.15, 0.2) is 0 Å². The Hall–Kier alpha value is -0.610. The fourth-order valence-corrected chi connectivity index (χ4v) is 2.63. The molecule has 100 valence electrons. The fraction of sp³-hybridized carbons (Fsp3) is 0.643. The summed E-state index contributed by atoms with van der Waals surface area (Å²) < 4.78 is 6.79. The van der Waals surface area contributed by atoms with Crippen LogP contribution in [0.2, 0.25) is 0 Å². The van der Waals surface area contributed by atoms with Gasteiger partial charge in [0.05, 0.1) is 6.10 Å². The molecule has 2 rings (SSSR count). The summed E-state index contributed by atoms with van der Waals surface area (Å²) in [6, 6.07) is 2.51. The Morgan fingerprint density at radius 3 is 2.83 bits per heavy atom. The predicted octanol–water partition coefficient (Wildman–Crippen LogP) is 3.77. The minimum Gasteiger partial charge on any atom is -0.378 e. The summed E-state index contributed by atoms with van der Waals surface area (Å²) in [6.45, 7) is 9.42. The van der Waals surface area contributed by atoms with Gasteiger partial charge in [-0.1, -0.05) is 13.8 Å². The number of anilines is 1. The number of hydrogen-bond donors (Lipinski definition) is 1. The van der Waals surface area contributed by atoms with E-state index in [0.717, 1.165) is 23.3 Å². The van der Waals surface area contributed by atoms with Crippen LogP contribution in [0, 0.1) is 12.3 Å². The Bertz CT molecular complexity index is 434.